The van der Waals surface area contributed by atoms with Crippen LogP contribution in [-0.4, -0.2) is 20.5 Å². The number of hydrogen-bond donors (Lipinski definition) is 0. The minimum atomic E-state index is 0.448. The minimum absolute atomic E-state index is 0.448. The van der Waals surface area contributed by atoms with Gasteiger partial charge in [-0.1, -0.05) is 6.07 Å². The highest BCUT2D eigenvalue weighted by Crippen LogP contribution is 2.40. The van der Waals surface area contributed by atoms with Crippen molar-refractivity contribution in [2.75, 3.05) is 14.2 Å². The number of methoxy groups -OCH3 is 2. The summed E-state index contributed by atoms with van der Waals surface area (Å²) >= 11 is 0. The lowest BCUT2D eigenvalue weighted by Gasteiger charge is -2.15. The van der Waals surface area contributed by atoms with Crippen LogP contribution in [0.3, 0.4) is 0 Å². The van der Waals surface area contributed by atoms with E-state index in [0.717, 1.165) is 17.4 Å². The first kappa shape index (κ1) is 14.9. The van der Waals surface area contributed by atoms with E-state index in [-0.39, 0.29) is 0 Å². The third-order valence-corrected chi connectivity index (χ3v) is 3.03. The molecule has 0 bridgehead atoms. The third kappa shape index (κ3) is 3.34. The zero-order valence-corrected chi connectivity index (χ0v) is 12.6. The van der Waals surface area contributed by atoms with Gasteiger partial charge in [0.1, 0.15) is 12.0 Å². The van der Waals surface area contributed by atoms with Crippen molar-refractivity contribution in [3.8, 4) is 23.0 Å². The Balaban J connectivity index is 2.48. The smallest absolute Gasteiger partial charge is 0.203 e. The lowest BCUT2D eigenvalue weighted by Crippen LogP contribution is -1.97. The Kier molecular flexibility index (Phi) is 4.48. The summed E-state index contributed by atoms with van der Waals surface area (Å²) in [5.74, 6) is 2.06. The fraction of sp³-hybridized carbons (Fsp3) is 0.235. The molecule has 0 amide bonds. The van der Waals surface area contributed by atoms with Crippen molar-refractivity contribution in [1.29, 1.82) is 0 Å². The zero-order valence-electron chi connectivity index (χ0n) is 12.6. The Labute approximate surface area is 124 Å². The SMILES string of the molecule is COc1cc(C=O)cc(Oc2cc(C)cc(C)c2)c1OC. The number of benzene rings is 2. The number of carbonyl (C=O) groups is 1. The number of carbonyl (C=O) groups excluding carboxylic acids is 1. The van der Waals surface area contributed by atoms with Crippen LogP contribution < -0.4 is 14.2 Å². The molecule has 0 fully saturated rings. The minimum Gasteiger partial charge on any atom is -0.493 e. The van der Waals surface area contributed by atoms with E-state index in [1.807, 2.05) is 26.0 Å². The van der Waals surface area contributed by atoms with E-state index in [2.05, 4.69) is 6.07 Å². The molecule has 0 saturated carbocycles. The lowest BCUT2D eigenvalue weighted by atomic mass is 10.1. The van der Waals surface area contributed by atoms with Crippen molar-refractivity contribution < 1.29 is 19.0 Å². The summed E-state index contributed by atoms with van der Waals surface area (Å²) in [6, 6.07) is 9.15. The molecule has 4 heteroatoms. The Morgan fingerprint density at radius 2 is 1.48 bits per heavy atom. The highest BCUT2D eigenvalue weighted by molar-refractivity contribution is 5.78. The Hall–Kier alpha value is -2.49. The van der Waals surface area contributed by atoms with Crippen LogP contribution >= 0.6 is 0 Å². The van der Waals surface area contributed by atoms with Crippen molar-refractivity contribution in [3.05, 3.63) is 47.0 Å². The molecule has 0 aliphatic carbocycles. The summed E-state index contributed by atoms with van der Waals surface area (Å²) in [6.07, 6.45) is 0.746. The molecule has 0 heterocycles. The summed E-state index contributed by atoms with van der Waals surface area (Å²) in [5.41, 5.74) is 2.66. The number of rotatable bonds is 5. The molecule has 110 valence electrons. The van der Waals surface area contributed by atoms with E-state index < -0.39 is 0 Å². The van der Waals surface area contributed by atoms with Crippen LogP contribution in [0.25, 0.3) is 0 Å². The molecule has 4 nitrogen and oxygen atoms in total. The van der Waals surface area contributed by atoms with Crippen LogP contribution in [0.4, 0.5) is 0 Å². The van der Waals surface area contributed by atoms with E-state index in [9.17, 15) is 4.79 Å². The molecule has 0 spiro atoms. The second-order valence-electron chi connectivity index (χ2n) is 4.80. The fourth-order valence-corrected chi connectivity index (χ4v) is 2.21. The molecular formula is C17H18O4. The molecule has 0 unspecified atom stereocenters. The van der Waals surface area contributed by atoms with Crippen molar-refractivity contribution in [2.24, 2.45) is 0 Å². The molecule has 2 aromatic carbocycles. The molecule has 0 radical (unpaired) electrons. The fourth-order valence-electron chi connectivity index (χ4n) is 2.21. The topological polar surface area (TPSA) is 44.8 Å². The predicted octanol–water partition coefficient (Wildman–Crippen LogP) is 3.93. The van der Waals surface area contributed by atoms with Gasteiger partial charge in [0, 0.05) is 5.56 Å². The van der Waals surface area contributed by atoms with E-state index in [1.54, 1.807) is 12.1 Å². The zero-order chi connectivity index (χ0) is 15.4. The quantitative estimate of drug-likeness (QED) is 0.781. The molecule has 21 heavy (non-hydrogen) atoms. The van der Waals surface area contributed by atoms with Crippen molar-refractivity contribution in [2.45, 2.75) is 13.8 Å². The maximum absolute atomic E-state index is 11.0. The molecule has 0 aliphatic rings. The highest BCUT2D eigenvalue weighted by Gasteiger charge is 2.14. The van der Waals surface area contributed by atoms with Gasteiger partial charge in [0.25, 0.3) is 0 Å². The monoisotopic (exact) mass is 286 g/mol. The first-order valence-electron chi connectivity index (χ1n) is 6.54. The Morgan fingerprint density at radius 1 is 0.857 bits per heavy atom. The number of hydrogen-bond acceptors (Lipinski definition) is 4. The van der Waals surface area contributed by atoms with Crippen LogP contribution in [0.15, 0.2) is 30.3 Å². The van der Waals surface area contributed by atoms with Crippen LogP contribution in [0.5, 0.6) is 23.0 Å². The number of ether oxygens (including phenoxy) is 3. The second-order valence-corrected chi connectivity index (χ2v) is 4.80. The van der Waals surface area contributed by atoms with Crippen molar-refractivity contribution in [1.82, 2.24) is 0 Å². The molecule has 0 aliphatic heterocycles. The van der Waals surface area contributed by atoms with Crippen molar-refractivity contribution >= 4 is 6.29 Å². The standard InChI is InChI=1S/C17H18O4/c1-11-5-12(2)7-14(6-11)21-16-9-13(10-18)8-15(19-3)17(16)20-4/h5-10H,1-4H3. The van der Waals surface area contributed by atoms with Crippen LogP contribution in [0.2, 0.25) is 0 Å². The molecule has 2 rings (SSSR count). The van der Waals surface area contributed by atoms with Gasteiger partial charge in [-0.05, 0) is 49.2 Å². The van der Waals surface area contributed by atoms with Gasteiger partial charge in [0.2, 0.25) is 5.75 Å². The molecule has 0 saturated heterocycles. The summed E-state index contributed by atoms with van der Waals surface area (Å²) in [6.45, 7) is 4.00. The second kappa shape index (κ2) is 6.31. The van der Waals surface area contributed by atoms with E-state index in [0.29, 0.717) is 28.6 Å². The van der Waals surface area contributed by atoms with Crippen LogP contribution in [0.1, 0.15) is 21.5 Å². The maximum atomic E-state index is 11.0. The van der Waals surface area contributed by atoms with Crippen molar-refractivity contribution in [3.63, 3.8) is 0 Å². The average molecular weight is 286 g/mol. The van der Waals surface area contributed by atoms with E-state index >= 15 is 0 Å². The Morgan fingerprint density at radius 3 is 2.00 bits per heavy atom. The summed E-state index contributed by atoms with van der Waals surface area (Å²) in [4.78, 5) is 11.0. The van der Waals surface area contributed by atoms with Gasteiger partial charge >= 0.3 is 0 Å². The van der Waals surface area contributed by atoms with Gasteiger partial charge in [0.05, 0.1) is 14.2 Å². The largest absolute Gasteiger partial charge is 0.493 e. The van der Waals surface area contributed by atoms with Gasteiger partial charge in [-0.25, -0.2) is 0 Å². The molecule has 0 N–H and O–H groups in total. The van der Waals surface area contributed by atoms with E-state index in [4.69, 9.17) is 14.2 Å². The van der Waals surface area contributed by atoms with Gasteiger partial charge in [-0.15, -0.1) is 0 Å². The first-order chi connectivity index (χ1) is 10.1. The Bertz CT molecular complexity index is 642. The van der Waals surface area contributed by atoms with Crippen LogP contribution in [0, 0.1) is 13.8 Å². The lowest BCUT2D eigenvalue weighted by molar-refractivity contribution is 0.112. The number of aldehydes is 1. The number of aryl methyl sites for hydroxylation is 2. The van der Waals surface area contributed by atoms with Crippen LogP contribution in [-0.2, 0) is 0 Å². The van der Waals surface area contributed by atoms with Gasteiger partial charge in [-0.3, -0.25) is 4.79 Å². The van der Waals surface area contributed by atoms with E-state index in [1.165, 1.54) is 14.2 Å². The maximum Gasteiger partial charge on any atom is 0.203 e. The molecule has 2 aromatic rings. The first-order valence-corrected chi connectivity index (χ1v) is 6.54. The van der Waals surface area contributed by atoms with Gasteiger partial charge < -0.3 is 14.2 Å². The predicted molar refractivity (Wildman–Crippen MR) is 80.9 cm³/mol. The molecular weight excluding hydrogens is 268 g/mol. The summed E-state index contributed by atoms with van der Waals surface area (Å²) in [5, 5.41) is 0. The third-order valence-electron chi connectivity index (χ3n) is 3.03. The van der Waals surface area contributed by atoms with Gasteiger partial charge in [0.15, 0.2) is 11.5 Å². The molecule has 0 aromatic heterocycles. The average Bonchev–Trinajstić information content (AvgIpc) is 2.45. The normalized spacial score (nSPS) is 10.1. The summed E-state index contributed by atoms with van der Waals surface area (Å²) < 4.78 is 16.5. The molecule has 0 atom stereocenters. The highest BCUT2D eigenvalue weighted by atomic mass is 16.5. The summed E-state index contributed by atoms with van der Waals surface area (Å²) in [7, 11) is 3.06. The van der Waals surface area contributed by atoms with Gasteiger partial charge in [-0.2, -0.15) is 0 Å².